The van der Waals surface area contributed by atoms with Crippen LogP contribution in [-0.2, 0) is 19.9 Å². The molecule has 8 heteroatoms. The molecule has 1 amide bonds. The number of hydrogen-bond acceptors (Lipinski definition) is 6. The Labute approximate surface area is 157 Å². The summed E-state index contributed by atoms with van der Waals surface area (Å²) in [5.74, 6) is 0.234. The van der Waals surface area contributed by atoms with Crippen molar-refractivity contribution in [1.29, 1.82) is 0 Å². The molecule has 0 spiro atoms. The molecule has 3 rings (SSSR count). The first-order valence-corrected chi connectivity index (χ1v) is 8.96. The second-order valence-corrected chi connectivity index (χ2v) is 6.39. The summed E-state index contributed by atoms with van der Waals surface area (Å²) < 4.78 is 11.8. The van der Waals surface area contributed by atoms with Gasteiger partial charge in [-0.25, -0.2) is 0 Å². The normalized spacial score (nSPS) is 15.7. The standard InChI is InChI=1S/C19H24N4O4/c1-26-17(24)7-14-27-16-5-3-15(4-6-16)22-18(25)19(8-11-20-12-9-19)23-13-2-10-21-23/h2-6,10,13,20H,7-9,11-12,14H2,1H3,(H,22,25). The van der Waals surface area contributed by atoms with Crippen LogP contribution < -0.4 is 15.4 Å². The van der Waals surface area contributed by atoms with E-state index in [0.717, 1.165) is 13.1 Å². The van der Waals surface area contributed by atoms with E-state index in [9.17, 15) is 9.59 Å². The Balaban J connectivity index is 1.63. The monoisotopic (exact) mass is 372 g/mol. The summed E-state index contributed by atoms with van der Waals surface area (Å²) in [6.45, 7) is 1.77. The lowest BCUT2D eigenvalue weighted by Gasteiger charge is -2.36. The predicted octanol–water partition coefficient (Wildman–Crippen LogP) is 1.54. The summed E-state index contributed by atoms with van der Waals surface area (Å²) in [6.07, 6.45) is 5.07. The number of nitrogens with one attached hydrogen (secondary N) is 2. The van der Waals surface area contributed by atoms with E-state index in [-0.39, 0.29) is 24.9 Å². The second kappa shape index (κ2) is 8.68. The molecule has 0 aliphatic carbocycles. The summed E-state index contributed by atoms with van der Waals surface area (Å²) in [5, 5.41) is 10.6. The molecule has 1 fully saturated rings. The zero-order chi connectivity index (χ0) is 19.1. The fourth-order valence-electron chi connectivity index (χ4n) is 3.16. The highest BCUT2D eigenvalue weighted by Crippen LogP contribution is 2.29. The number of carbonyl (C=O) groups excluding carboxylic acids is 2. The van der Waals surface area contributed by atoms with Crippen LogP contribution in [0.15, 0.2) is 42.7 Å². The molecule has 1 aromatic carbocycles. The molecule has 0 saturated carbocycles. The Morgan fingerprint density at radius 3 is 2.63 bits per heavy atom. The molecule has 0 bridgehead atoms. The minimum atomic E-state index is -0.690. The van der Waals surface area contributed by atoms with Crippen molar-refractivity contribution >= 4 is 17.6 Å². The van der Waals surface area contributed by atoms with E-state index in [1.807, 2.05) is 12.3 Å². The van der Waals surface area contributed by atoms with Crippen molar-refractivity contribution in [3.63, 3.8) is 0 Å². The van der Waals surface area contributed by atoms with Gasteiger partial charge >= 0.3 is 5.97 Å². The highest BCUT2D eigenvalue weighted by atomic mass is 16.5. The molecule has 0 atom stereocenters. The maximum Gasteiger partial charge on any atom is 0.308 e. The molecule has 1 aliphatic rings. The lowest BCUT2D eigenvalue weighted by atomic mass is 9.87. The van der Waals surface area contributed by atoms with Crippen LogP contribution in [-0.4, -0.2) is 48.5 Å². The SMILES string of the molecule is COC(=O)CCOc1ccc(NC(=O)C2(n3cccn3)CCNCC2)cc1. The van der Waals surface area contributed by atoms with Gasteiger partial charge in [-0.15, -0.1) is 0 Å². The van der Waals surface area contributed by atoms with Crippen molar-refractivity contribution in [3.8, 4) is 5.75 Å². The molecule has 1 saturated heterocycles. The number of hydrogen-bond donors (Lipinski definition) is 2. The zero-order valence-electron chi connectivity index (χ0n) is 15.3. The summed E-state index contributed by atoms with van der Waals surface area (Å²) >= 11 is 0. The molecule has 1 aromatic heterocycles. The smallest absolute Gasteiger partial charge is 0.308 e. The number of amides is 1. The Hall–Kier alpha value is -2.87. The molecular weight excluding hydrogens is 348 g/mol. The van der Waals surface area contributed by atoms with Crippen molar-refractivity contribution < 1.29 is 19.1 Å². The molecule has 0 unspecified atom stereocenters. The average molecular weight is 372 g/mol. The first-order valence-electron chi connectivity index (χ1n) is 8.96. The van der Waals surface area contributed by atoms with E-state index in [1.54, 1.807) is 35.1 Å². The van der Waals surface area contributed by atoms with E-state index in [2.05, 4.69) is 20.5 Å². The van der Waals surface area contributed by atoms with Crippen LogP contribution in [0.3, 0.4) is 0 Å². The molecule has 0 radical (unpaired) electrons. The quantitative estimate of drug-likeness (QED) is 0.716. The number of rotatable bonds is 7. The van der Waals surface area contributed by atoms with E-state index < -0.39 is 5.54 Å². The molecule has 144 valence electrons. The number of aromatic nitrogens is 2. The van der Waals surface area contributed by atoms with E-state index in [0.29, 0.717) is 24.3 Å². The molecule has 2 N–H and O–H groups in total. The van der Waals surface area contributed by atoms with E-state index >= 15 is 0 Å². The van der Waals surface area contributed by atoms with Gasteiger partial charge in [-0.2, -0.15) is 5.10 Å². The molecule has 1 aliphatic heterocycles. The maximum atomic E-state index is 13.1. The van der Waals surface area contributed by atoms with Crippen molar-refractivity contribution in [2.75, 3.05) is 32.1 Å². The van der Waals surface area contributed by atoms with Gasteiger partial charge in [0.15, 0.2) is 0 Å². The van der Waals surface area contributed by atoms with Gasteiger partial charge in [0.25, 0.3) is 5.91 Å². The first-order chi connectivity index (χ1) is 13.1. The largest absolute Gasteiger partial charge is 0.493 e. The first kappa shape index (κ1) is 18.9. The summed E-state index contributed by atoms with van der Waals surface area (Å²) in [5.41, 5.74) is -0.00451. The van der Waals surface area contributed by atoms with Crippen molar-refractivity contribution in [1.82, 2.24) is 15.1 Å². The highest BCUT2D eigenvalue weighted by Gasteiger charge is 2.42. The third kappa shape index (κ3) is 4.46. The lowest BCUT2D eigenvalue weighted by Crippen LogP contribution is -2.52. The molecule has 2 aromatic rings. The van der Waals surface area contributed by atoms with Crippen molar-refractivity contribution in [2.24, 2.45) is 0 Å². The van der Waals surface area contributed by atoms with Crippen molar-refractivity contribution in [3.05, 3.63) is 42.7 Å². The number of methoxy groups -OCH3 is 1. The Morgan fingerprint density at radius 2 is 2.00 bits per heavy atom. The number of nitrogens with zero attached hydrogens (tertiary/aromatic N) is 2. The van der Waals surface area contributed by atoms with Gasteiger partial charge in [0, 0.05) is 18.1 Å². The summed E-state index contributed by atoms with van der Waals surface area (Å²) in [6, 6.07) is 8.91. The van der Waals surface area contributed by atoms with Gasteiger partial charge in [-0.1, -0.05) is 0 Å². The number of esters is 1. The Bertz CT molecular complexity index is 753. The minimum absolute atomic E-state index is 0.0768. The van der Waals surface area contributed by atoms with Crippen LogP contribution in [0.25, 0.3) is 0 Å². The van der Waals surface area contributed by atoms with Crippen LogP contribution >= 0.6 is 0 Å². The Morgan fingerprint density at radius 1 is 1.26 bits per heavy atom. The lowest BCUT2D eigenvalue weighted by molar-refractivity contribution is -0.141. The minimum Gasteiger partial charge on any atom is -0.493 e. The molecule has 2 heterocycles. The number of carbonyl (C=O) groups is 2. The number of ether oxygens (including phenoxy) is 2. The average Bonchev–Trinajstić information content (AvgIpc) is 3.25. The summed E-state index contributed by atoms with van der Waals surface area (Å²) in [4.78, 5) is 24.2. The third-order valence-electron chi connectivity index (χ3n) is 4.71. The molecule has 27 heavy (non-hydrogen) atoms. The van der Waals surface area contributed by atoms with Crippen LogP contribution in [0.1, 0.15) is 19.3 Å². The van der Waals surface area contributed by atoms with E-state index in [1.165, 1.54) is 7.11 Å². The van der Waals surface area contributed by atoms with Crippen LogP contribution in [0.5, 0.6) is 5.75 Å². The topological polar surface area (TPSA) is 94.5 Å². The molecular formula is C19H24N4O4. The van der Waals surface area contributed by atoms with Crippen LogP contribution in [0, 0.1) is 0 Å². The van der Waals surface area contributed by atoms with Gasteiger partial charge in [-0.05, 0) is 56.3 Å². The number of piperidine rings is 1. The van der Waals surface area contributed by atoms with Gasteiger partial charge in [-0.3, -0.25) is 14.3 Å². The second-order valence-electron chi connectivity index (χ2n) is 6.39. The number of anilines is 1. The van der Waals surface area contributed by atoms with Crippen molar-refractivity contribution in [2.45, 2.75) is 24.8 Å². The van der Waals surface area contributed by atoms with Gasteiger partial charge in [0.1, 0.15) is 11.3 Å². The number of benzene rings is 1. The van der Waals surface area contributed by atoms with E-state index in [4.69, 9.17) is 4.74 Å². The Kier molecular flexibility index (Phi) is 6.08. The van der Waals surface area contributed by atoms with Crippen LogP contribution in [0.2, 0.25) is 0 Å². The van der Waals surface area contributed by atoms with Gasteiger partial charge < -0.3 is 20.1 Å². The van der Waals surface area contributed by atoms with Crippen LogP contribution in [0.4, 0.5) is 5.69 Å². The maximum absolute atomic E-state index is 13.1. The zero-order valence-corrected chi connectivity index (χ0v) is 15.3. The fraction of sp³-hybridized carbons (Fsp3) is 0.421. The summed E-state index contributed by atoms with van der Waals surface area (Å²) in [7, 11) is 1.35. The predicted molar refractivity (Wildman–Crippen MR) is 99.5 cm³/mol. The fourth-order valence-corrected chi connectivity index (χ4v) is 3.16. The van der Waals surface area contributed by atoms with Gasteiger partial charge in [0.2, 0.25) is 0 Å². The van der Waals surface area contributed by atoms with Gasteiger partial charge in [0.05, 0.1) is 20.1 Å². The third-order valence-corrected chi connectivity index (χ3v) is 4.71. The molecule has 8 nitrogen and oxygen atoms in total. The highest BCUT2D eigenvalue weighted by molar-refractivity contribution is 5.96.